The first-order valence-corrected chi connectivity index (χ1v) is 7.35. The van der Waals surface area contributed by atoms with E-state index in [0.29, 0.717) is 11.5 Å². The number of carbonyl (C=O) groups excluding carboxylic acids is 1. The van der Waals surface area contributed by atoms with E-state index >= 15 is 0 Å². The van der Waals surface area contributed by atoms with Crippen LogP contribution in [0.3, 0.4) is 0 Å². The molecule has 0 saturated carbocycles. The number of thiophene rings is 1. The number of ether oxygens (including phenoxy) is 1. The molecule has 1 atom stereocenters. The zero-order valence-electron chi connectivity index (χ0n) is 11.1. The third kappa shape index (κ3) is 2.45. The van der Waals surface area contributed by atoms with Crippen LogP contribution in [0.1, 0.15) is 16.1 Å². The lowest BCUT2D eigenvalue weighted by molar-refractivity contribution is -0.144. The first-order valence-electron chi connectivity index (χ1n) is 6.47. The number of aromatic nitrogens is 1. The summed E-state index contributed by atoms with van der Waals surface area (Å²) in [5.41, 5.74) is -0.586. The first-order chi connectivity index (χ1) is 10.1. The summed E-state index contributed by atoms with van der Waals surface area (Å²) in [5, 5.41) is 13.8. The summed E-state index contributed by atoms with van der Waals surface area (Å²) in [5.74, 6) is -1.45. The van der Waals surface area contributed by atoms with Gasteiger partial charge in [-0.15, -0.1) is 11.3 Å². The third-order valence-electron chi connectivity index (χ3n) is 3.52. The third-order valence-corrected chi connectivity index (χ3v) is 4.42. The van der Waals surface area contributed by atoms with E-state index in [2.05, 4.69) is 5.32 Å². The maximum atomic E-state index is 12.5. The Labute approximate surface area is 125 Å². The summed E-state index contributed by atoms with van der Waals surface area (Å²) >= 11 is 1.28. The minimum absolute atomic E-state index is 0.00168. The highest BCUT2D eigenvalue weighted by Crippen LogP contribution is 2.24. The zero-order chi connectivity index (χ0) is 14.9. The summed E-state index contributed by atoms with van der Waals surface area (Å²) in [7, 11) is 0. The van der Waals surface area contributed by atoms with Crippen molar-refractivity contribution in [1.82, 2.24) is 9.88 Å². The molecule has 0 aliphatic carbocycles. The van der Waals surface area contributed by atoms with E-state index in [-0.39, 0.29) is 18.9 Å². The topological polar surface area (TPSA) is 80.6 Å². The number of carboxylic acids is 1. The predicted octanol–water partition coefficient (Wildman–Crippen LogP) is 1.51. The summed E-state index contributed by atoms with van der Waals surface area (Å²) in [6.07, 6.45) is 3.95. The van der Waals surface area contributed by atoms with Crippen LogP contribution in [0.5, 0.6) is 0 Å². The van der Waals surface area contributed by atoms with Crippen LogP contribution < -0.4 is 5.32 Å². The normalized spacial score (nSPS) is 21.3. The van der Waals surface area contributed by atoms with Gasteiger partial charge in [0.2, 0.25) is 0 Å². The second-order valence-electron chi connectivity index (χ2n) is 4.87. The molecule has 0 spiro atoms. The van der Waals surface area contributed by atoms with Crippen LogP contribution in [-0.4, -0.2) is 40.3 Å². The quantitative estimate of drug-likeness (QED) is 0.897. The van der Waals surface area contributed by atoms with Gasteiger partial charge in [0.05, 0.1) is 12.3 Å². The number of nitrogens with one attached hydrogen (secondary N) is 1. The Morgan fingerprint density at radius 1 is 1.38 bits per heavy atom. The van der Waals surface area contributed by atoms with Gasteiger partial charge in [0.25, 0.3) is 5.91 Å². The summed E-state index contributed by atoms with van der Waals surface area (Å²) in [6, 6.07) is 5.56. The molecule has 0 aromatic carbocycles. The summed E-state index contributed by atoms with van der Waals surface area (Å²) in [6.45, 7) is 0.333. The van der Waals surface area contributed by atoms with Crippen LogP contribution in [0.2, 0.25) is 0 Å². The molecule has 3 rings (SSSR count). The van der Waals surface area contributed by atoms with E-state index in [0.717, 1.165) is 5.69 Å². The second-order valence-corrected chi connectivity index (χ2v) is 5.79. The number of hydrogen-bond donors (Lipinski definition) is 2. The minimum Gasteiger partial charge on any atom is -0.479 e. The number of nitrogens with zero attached hydrogens (tertiary/aromatic N) is 1. The minimum atomic E-state index is -1.32. The van der Waals surface area contributed by atoms with E-state index in [1.807, 2.05) is 40.5 Å². The average Bonchev–Trinajstić information content (AvgIpc) is 3.19. The number of rotatable bonds is 4. The highest BCUT2D eigenvalue weighted by atomic mass is 32.1. The molecule has 1 fully saturated rings. The molecular formula is C14H14N2O4S. The van der Waals surface area contributed by atoms with E-state index in [9.17, 15) is 14.7 Å². The lowest BCUT2D eigenvalue weighted by atomic mass is 9.99. The van der Waals surface area contributed by atoms with Gasteiger partial charge in [-0.25, -0.2) is 4.79 Å². The highest BCUT2D eigenvalue weighted by Gasteiger charge is 2.44. The number of carboxylic acid groups (broad SMARTS) is 1. The second kappa shape index (κ2) is 5.34. The molecule has 3 heterocycles. The van der Waals surface area contributed by atoms with Crippen molar-refractivity contribution >= 4 is 23.2 Å². The van der Waals surface area contributed by atoms with E-state index in [1.165, 1.54) is 11.3 Å². The van der Waals surface area contributed by atoms with E-state index < -0.39 is 11.5 Å². The van der Waals surface area contributed by atoms with Crippen LogP contribution in [0.15, 0.2) is 36.0 Å². The van der Waals surface area contributed by atoms with E-state index in [4.69, 9.17) is 4.74 Å². The molecule has 1 saturated heterocycles. The van der Waals surface area contributed by atoms with Gasteiger partial charge in [0.1, 0.15) is 4.88 Å². The van der Waals surface area contributed by atoms with Gasteiger partial charge >= 0.3 is 5.97 Å². The zero-order valence-corrected chi connectivity index (χ0v) is 11.9. The molecule has 0 radical (unpaired) electrons. The Morgan fingerprint density at radius 2 is 2.14 bits per heavy atom. The SMILES string of the molecule is O=C(NC1(C(=O)O)CCOC1)c1sccc1-n1cccc1. The Morgan fingerprint density at radius 3 is 2.76 bits per heavy atom. The maximum Gasteiger partial charge on any atom is 0.331 e. The van der Waals surface area contributed by atoms with Gasteiger partial charge in [-0.2, -0.15) is 0 Å². The number of hydrogen-bond acceptors (Lipinski definition) is 4. The van der Waals surface area contributed by atoms with Crippen LogP contribution in [0, 0.1) is 0 Å². The van der Waals surface area contributed by atoms with Crippen molar-refractivity contribution in [3.63, 3.8) is 0 Å². The van der Waals surface area contributed by atoms with Crippen molar-refractivity contribution in [2.45, 2.75) is 12.0 Å². The smallest absolute Gasteiger partial charge is 0.331 e. The van der Waals surface area contributed by atoms with Gasteiger partial charge in [0, 0.05) is 25.4 Å². The van der Waals surface area contributed by atoms with Gasteiger partial charge in [-0.3, -0.25) is 4.79 Å². The van der Waals surface area contributed by atoms with E-state index in [1.54, 1.807) is 0 Å². The fourth-order valence-corrected chi connectivity index (χ4v) is 3.12. The molecule has 1 amide bonds. The molecule has 2 N–H and O–H groups in total. The average molecular weight is 306 g/mol. The number of aliphatic carboxylic acids is 1. The van der Waals surface area contributed by atoms with Crippen molar-refractivity contribution < 1.29 is 19.4 Å². The molecular weight excluding hydrogens is 292 g/mol. The lowest BCUT2D eigenvalue weighted by Gasteiger charge is -2.23. The van der Waals surface area contributed by atoms with Crippen molar-refractivity contribution in [3.05, 3.63) is 40.8 Å². The monoisotopic (exact) mass is 306 g/mol. The Hall–Kier alpha value is -2.12. The van der Waals surface area contributed by atoms with Crippen molar-refractivity contribution in [1.29, 1.82) is 0 Å². The molecule has 7 heteroatoms. The Balaban J connectivity index is 1.87. The molecule has 1 aliphatic heterocycles. The van der Waals surface area contributed by atoms with Gasteiger partial charge in [0.15, 0.2) is 5.54 Å². The molecule has 2 aromatic rings. The Bertz CT molecular complexity index is 656. The summed E-state index contributed by atoms with van der Waals surface area (Å²) < 4.78 is 6.97. The van der Waals surface area contributed by atoms with Gasteiger partial charge in [-0.1, -0.05) is 0 Å². The molecule has 6 nitrogen and oxygen atoms in total. The van der Waals surface area contributed by atoms with Crippen LogP contribution >= 0.6 is 11.3 Å². The molecule has 1 aliphatic rings. The van der Waals surface area contributed by atoms with Crippen molar-refractivity contribution in [3.8, 4) is 5.69 Å². The van der Waals surface area contributed by atoms with Crippen molar-refractivity contribution in [2.75, 3.05) is 13.2 Å². The lowest BCUT2D eigenvalue weighted by Crippen LogP contribution is -2.55. The molecule has 21 heavy (non-hydrogen) atoms. The Kier molecular flexibility index (Phi) is 3.52. The standard InChI is InChI=1S/C14H14N2O4S/c17-12(15-14(13(18)19)4-7-20-9-14)11-10(3-8-21-11)16-5-1-2-6-16/h1-3,5-6,8H,4,7,9H2,(H,15,17)(H,18,19). The number of carbonyl (C=O) groups is 2. The fraction of sp³-hybridized carbons (Fsp3) is 0.286. The molecule has 110 valence electrons. The maximum absolute atomic E-state index is 12.5. The van der Waals surface area contributed by atoms with Crippen LogP contribution in [-0.2, 0) is 9.53 Å². The van der Waals surface area contributed by atoms with Crippen LogP contribution in [0.25, 0.3) is 5.69 Å². The molecule has 1 unspecified atom stereocenters. The van der Waals surface area contributed by atoms with Gasteiger partial charge in [-0.05, 0) is 23.6 Å². The number of amides is 1. The first kappa shape index (κ1) is 13.8. The molecule has 2 aromatic heterocycles. The predicted molar refractivity (Wildman–Crippen MR) is 76.9 cm³/mol. The largest absolute Gasteiger partial charge is 0.479 e. The van der Waals surface area contributed by atoms with Gasteiger partial charge < -0.3 is 19.7 Å². The molecule has 0 bridgehead atoms. The fourth-order valence-electron chi connectivity index (χ4n) is 2.33. The summed E-state index contributed by atoms with van der Waals surface area (Å²) in [4.78, 5) is 24.4. The highest BCUT2D eigenvalue weighted by molar-refractivity contribution is 7.12. The van der Waals surface area contributed by atoms with Crippen LogP contribution in [0.4, 0.5) is 0 Å². The van der Waals surface area contributed by atoms with Crippen molar-refractivity contribution in [2.24, 2.45) is 0 Å².